The van der Waals surface area contributed by atoms with Crippen molar-refractivity contribution >= 4 is 72.6 Å². The van der Waals surface area contributed by atoms with Crippen molar-refractivity contribution < 1.29 is 38.9 Å². The molecule has 9 nitrogen and oxygen atoms in total. The zero-order valence-corrected chi connectivity index (χ0v) is 33.1. The number of Topliss-reactive ketones (excluding diaryl/α,β-unsaturated/α-hetero) is 2. The number of fused-ring (bicyclic) bond motifs is 2. The van der Waals surface area contributed by atoms with Crippen molar-refractivity contribution in [2.45, 2.75) is 18.8 Å². The monoisotopic (exact) mass is 875 g/mol. The van der Waals surface area contributed by atoms with Crippen LogP contribution in [0.1, 0.15) is 54.5 Å². The third kappa shape index (κ3) is 8.24. The number of nitrogens with zero attached hydrogens (tertiary/aromatic N) is 1. The van der Waals surface area contributed by atoms with Crippen molar-refractivity contribution in [3.05, 3.63) is 180 Å². The van der Waals surface area contributed by atoms with E-state index < -0.39 is 17.9 Å². The number of ketones is 2. The number of aliphatic hydroxyl groups is 2. The quantitative estimate of drug-likeness (QED) is 0.118. The summed E-state index contributed by atoms with van der Waals surface area (Å²) in [5.41, 5.74) is 4.35. The second kappa shape index (κ2) is 16.9. The molecule has 2 aliphatic rings. The molecule has 0 atom stereocenters. The number of hydrogen-bond acceptors (Lipinski definition) is 9. The summed E-state index contributed by atoms with van der Waals surface area (Å²) >= 11 is 6.74. The van der Waals surface area contributed by atoms with Gasteiger partial charge in [0, 0.05) is 44.5 Å². The zero-order valence-electron chi connectivity index (χ0n) is 29.9. The van der Waals surface area contributed by atoms with Crippen LogP contribution in [0, 0.1) is 0 Å². The van der Waals surface area contributed by atoms with E-state index in [9.17, 15) is 29.4 Å². The number of esters is 2. The Bertz CT molecular complexity index is 2240. The molecule has 56 heavy (non-hydrogen) atoms. The summed E-state index contributed by atoms with van der Waals surface area (Å²) < 4.78 is 12.9. The molecular formula is C45H35Br2NO8. The Kier molecular flexibility index (Phi) is 11.6. The topological polar surface area (TPSA) is 130 Å². The molecule has 0 aromatic heterocycles. The van der Waals surface area contributed by atoms with Crippen molar-refractivity contribution in [3.63, 3.8) is 0 Å². The van der Waals surface area contributed by atoms with Crippen LogP contribution in [0.2, 0.25) is 0 Å². The highest BCUT2D eigenvalue weighted by molar-refractivity contribution is 9.10. The Morgan fingerprint density at radius 1 is 0.589 bits per heavy atom. The number of carbonyl (C=O) groups excluding carboxylic acids is 4. The summed E-state index contributed by atoms with van der Waals surface area (Å²) in [7, 11) is 0. The minimum atomic E-state index is -1.09. The Labute approximate surface area is 340 Å². The second-order valence-electron chi connectivity index (χ2n) is 13.3. The van der Waals surface area contributed by atoms with Gasteiger partial charge in [-0.3, -0.25) is 9.59 Å². The van der Waals surface area contributed by atoms with Crippen molar-refractivity contribution in [2.24, 2.45) is 0 Å². The van der Waals surface area contributed by atoms with Crippen LogP contribution in [0.25, 0.3) is 11.5 Å². The number of rotatable bonds is 12. The summed E-state index contributed by atoms with van der Waals surface area (Å²) in [6.07, 6.45) is 0.0450. The number of halogens is 2. The third-order valence-electron chi connectivity index (χ3n) is 9.88. The van der Waals surface area contributed by atoms with Gasteiger partial charge < -0.3 is 24.6 Å². The number of benzene rings is 5. The van der Waals surface area contributed by atoms with Gasteiger partial charge in [-0.25, -0.2) is 9.59 Å². The summed E-state index contributed by atoms with van der Waals surface area (Å²) in [4.78, 5) is 55.3. The van der Waals surface area contributed by atoms with Crippen LogP contribution >= 0.6 is 31.9 Å². The Balaban J connectivity index is 1.21. The molecule has 0 unspecified atom stereocenters. The van der Waals surface area contributed by atoms with Crippen LogP contribution < -0.4 is 4.90 Å². The molecule has 0 saturated carbocycles. The number of carbonyl (C=O) groups is 4. The molecule has 0 spiro atoms. The first-order valence-corrected chi connectivity index (χ1v) is 19.5. The van der Waals surface area contributed by atoms with E-state index in [1.165, 1.54) is 0 Å². The van der Waals surface area contributed by atoms with Crippen LogP contribution in [0.15, 0.2) is 141 Å². The molecule has 282 valence electrons. The minimum Gasteiger partial charge on any atom is -0.507 e. The molecule has 2 N–H and O–H groups in total. The fourth-order valence-corrected chi connectivity index (χ4v) is 7.59. The smallest absolute Gasteiger partial charge is 0.338 e. The maximum Gasteiger partial charge on any atom is 0.338 e. The number of anilines is 1. The van der Waals surface area contributed by atoms with Gasteiger partial charge in [0.1, 0.15) is 24.7 Å². The van der Waals surface area contributed by atoms with Gasteiger partial charge in [0.2, 0.25) is 0 Å². The van der Waals surface area contributed by atoms with Crippen molar-refractivity contribution in [2.75, 3.05) is 31.2 Å². The van der Waals surface area contributed by atoms with E-state index >= 15 is 0 Å². The standard InChI is InChI=1S/C45H35Br2NO8/c46-32-15-9-28(10-16-32)44(53)55-23-21-48(22-24-56-45(54)29-11-17-33(47)18-12-29)34-19-13-27(14-20-34)39(40-37(49)25-30-5-1-3-7-35(30)42(40)51)41-38(50)26-31-6-2-4-8-36(31)43(41)52/h1-20,39,51-52H,21-26H2. The third-order valence-corrected chi connectivity index (χ3v) is 10.9. The number of allylic oxidation sites excluding steroid dienone is 2. The maximum atomic E-state index is 13.9. The van der Waals surface area contributed by atoms with Crippen LogP contribution in [-0.2, 0) is 31.9 Å². The molecular weight excluding hydrogens is 842 g/mol. The molecule has 2 aliphatic carbocycles. The molecule has 0 fully saturated rings. The molecule has 0 saturated heterocycles. The molecule has 5 aromatic rings. The highest BCUT2D eigenvalue weighted by Crippen LogP contribution is 2.45. The van der Waals surface area contributed by atoms with Crippen molar-refractivity contribution in [1.82, 2.24) is 0 Å². The molecule has 7 rings (SSSR count). The Morgan fingerprint density at radius 3 is 1.43 bits per heavy atom. The van der Waals surface area contributed by atoms with E-state index in [1.807, 2.05) is 4.90 Å². The van der Waals surface area contributed by atoms with E-state index in [1.54, 1.807) is 121 Å². The van der Waals surface area contributed by atoms with E-state index in [-0.39, 0.29) is 73.4 Å². The van der Waals surface area contributed by atoms with Crippen LogP contribution in [0.4, 0.5) is 5.69 Å². The summed E-state index contributed by atoms with van der Waals surface area (Å²) in [6, 6.07) is 34.9. The second-order valence-corrected chi connectivity index (χ2v) is 15.2. The van der Waals surface area contributed by atoms with Gasteiger partial charge in [-0.2, -0.15) is 0 Å². The highest BCUT2D eigenvalue weighted by Gasteiger charge is 2.40. The van der Waals surface area contributed by atoms with Gasteiger partial charge in [-0.1, -0.05) is 92.5 Å². The highest BCUT2D eigenvalue weighted by atomic mass is 79.9. The molecule has 0 amide bonds. The van der Waals surface area contributed by atoms with Gasteiger partial charge in [0.15, 0.2) is 11.6 Å². The van der Waals surface area contributed by atoms with E-state index in [2.05, 4.69) is 31.9 Å². The fraction of sp³-hybridized carbons (Fsp3) is 0.156. The zero-order chi connectivity index (χ0) is 39.3. The van der Waals surface area contributed by atoms with Crippen molar-refractivity contribution in [1.29, 1.82) is 0 Å². The molecule has 5 aromatic carbocycles. The predicted octanol–water partition coefficient (Wildman–Crippen LogP) is 9.00. The average molecular weight is 878 g/mol. The van der Waals surface area contributed by atoms with Gasteiger partial charge >= 0.3 is 11.9 Å². The van der Waals surface area contributed by atoms with E-state index in [0.29, 0.717) is 44.6 Å². The number of ether oxygens (including phenoxy) is 2. The molecule has 0 heterocycles. The van der Waals surface area contributed by atoms with Gasteiger partial charge in [-0.15, -0.1) is 0 Å². The lowest BCUT2D eigenvalue weighted by molar-refractivity contribution is -0.115. The van der Waals surface area contributed by atoms with Gasteiger partial charge in [0.05, 0.1) is 35.4 Å². The fourth-order valence-electron chi connectivity index (χ4n) is 7.06. The first kappa shape index (κ1) is 38.5. The maximum absolute atomic E-state index is 13.9. The van der Waals surface area contributed by atoms with Crippen LogP contribution in [-0.4, -0.2) is 60.0 Å². The summed E-state index contributed by atoms with van der Waals surface area (Å²) in [5, 5.41) is 23.4. The largest absolute Gasteiger partial charge is 0.507 e. The first-order chi connectivity index (χ1) is 27.1. The van der Waals surface area contributed by atoms with Crippen LogP contribution in [0.5, 0.6) is 0 Å². The lowest BCUT2D eigenvalue weighted by Gasteiger charge is -2.30. The normalized spacial score (nSPS) is 13.7. The van der Waals surface area contributed by atoms with Gasteiger partial charge in [-0.05, 0) is 77.4 Å². The Hall–Kier alpha value is -5.78. The van der Waals surface area contributed by atoms with E-state index in [4.69, 9.17) is 9.47 Å². The lowest BCUT2D eigenvalue weighted by Crippen LogP contribution is -2.32. The molecule has 0 radical (unpaired) electrons. The summed E-state index contributed by atoms with van der Waals surface area (Å²) in [5.74, 6) is -3.25. The van der Waals surface area contributed by atoms with Gasteiger partial charge in [0.25, 0.3) is 0 Å². The molecule has 0 bridgehead atoms. The first-order valence-electron chi connectivity index (χ1n) is 17.9. The number of aliphatic hydroxyl groups excluding tert-OH is 2. The SMILES string of the molecule is O=C1Cc2ccccc2C(O)=C1C(C1=C(O)c2ccccc2CC1=O)c1ccc(N(CCOC(=O)c2ccc(Br)cc2)CCOC(=O)c2ccc(Br)cc2)cc1. The average Bonchev–Trinajstić information content (AvgIpc) is 3.20. The number of hydrogen-bond donors (Lipinski definition) is 2. The lowest BCUT2D eigenvalue weighted by atomic mass is 9.72. The minimum absolute atomic E-state index is 0.0171. The Morgan fingerprint density at radius 2 is 1.00 bits per heavy atom. The van der Waals surface area contributed by atoms with Crippen molar-refractivity contribution in [3.8, 4) is 0 Å². The van der Waals surface area contributed by atoms with E-state index in [0.717, 1.165) is 8.95 Å². The summed E-state index contributed by atoms with van der Waals surface area (Å²) in [6.45, 7) is 0.513. The molecule has 11 heteroatoms. The van der Waals surface area contributed by atoms with Crippen LogP contribution in [0.3, 0.4) is 0 Å². The predicted molar refractivity (Wildman–Crippen MR) is 220 cm³/mol. The molecule has 0 aliphatic heterocycles.